The number of carbonyl (C=O) groups excluding carboxylic acids is 1. The third-order valence-electron chi connectivity index (χ3n) is 2.31. The van der Waals surface area contributed by atoms with Crippen LogP contribution in [0.1, 0.15) is 19.4 Å². The van der Waals surface area contributed by atoms with Gasteiger partial charge in [-0.25, -0.2) is 4.79 Å². The molecule has 0 spiro atoms. The fourth-order valence-electron chi connectivity index (χ4n) is 1.37. The van der Waals surface area contributed by atoms with Crippen LogP contribution in [0.25, 0.3) is 0 Å². The largest absolute Gasteiger partial charge is 0.464 e. The van der Waals surface area contributed by atoms with E-state index in [0.29, 0.717) is 0 Å². The standard InChI is InChI=1S/C12H13ClF3NO2/c1-3-19-11(18)7(2)17-10-6-8(12(14,15)16)4-5-9(10)13/h4-7,17H,3H2,1-2H3. The number of halogens is 4. The van der Waals surface area contributed by atoms with Crippen molar-refractivity contribution in [2.24, 2.45) is 0 Å². The van der Waals surface area contributed by atoms with Gasteiger partial charge in [0.05, 0.1) is 22.9 Å². The molecule has 0 amide bonds. The SMILES string of the molecule is CCOC(=O)C(C)Nc1cc(C(F)(F)F)ccc1Cl. The molecule has 0 aliphatic heterocycles. The van der Waals surface area contributed by atoms with Crippen LogP contribution in [-0.2, 0) is 15.7 Å². The second kappa shape index (κ2) is 6.14. The molecule has 1 N–H and O–H groups in total. The molecule has 0 heterocycles. The third-order valence-corrected chi connectivity index (χ3v) is 2.64. The number of rotatable bonds is 4. The molecule has 0 aliphatic carbocycles. The first-order chi connectivity index (χ1) is 8.75. The summed E-state index contributed by atoms with van der Waals surface area (Å²) in [5.41, 5.74) is -0.799. The maximum absolute atomic E-state index is 12.6. The van der Waals surface area contributed by atoms with E-state index in [4.69, 9.17) is 16.3 Å². The first-order valence-electron chi connectivity index (χ1n) is 5.55. The Morgan fingerprint density at radius 1 is 1.47 bits per heavy atom. The lowest BCUT2D eigenvalue weighted by Crippen LogP contribution is -2.28. The number of ether oxygens (including phenoxy) is 1. The summed E-state index contributed by atoms with van der Waals surface area (Å²) in [6.07, 6.45) is -4.46. The molecule has 1 aromatic rings. The summed E-state index contributed by atoms with van der Waals surface area (Å²) in [6.45, 7) is 3.32. The van der Waals surface area contributed by atoms with Gasteiger partial charge in [0.1, 0.15) is 6.04 Å². The van der Waals surface area contributed by atoms with Crippen LogP contribution in [0, 0.1) is 0 Å². The molecule has 0 radical (unpaired) electrons. The van der Waals surface area contributed by atoms with Gasteiger partial charge in [-0.3, -0.25) is 0 Å². The molecule has 7 heteroatoms. The first-order valence-corrected chi connectivity index (χ1v) is 5.93. The van der Waals surface area contributed by atoms with E-state index >= 15 is 0 Å². The van der Waals surface area contributed by atoms with Crippen molar-refractivity contribution in [3.05, 3.63) is 28.8 Å². The summed E-state index contributed by atoms with van der Waals surface area (Å²) in [5, 5.41) is 2.70. The predicted molar refractivity (Wildman–Crippen MR) is 66.2 cm³/mol. The number of hydrogen-bond donors (Lipinski definition) is 1. The molecule has 0 aliphatic rings. The number of nitrogens with one attached hydrogen (secondary N) is 1. The van der Waals surface area contributed by atoms with E-state index in [1.54, 1.807) is 6.92 Å². The van der Waals surface area contributed by atoms with E-state index in [9.17, 15) is 18.0 Å². The van der Waals surface area contributed by atoms with Crippen molar-refractivity contribution in [3.63, 3.8) is 0 Å². The molecule has 0 aromatic heterocycles. The molecule has 0 bridgehead atoms. The minimum Gasteiger partial charge on any atom is -0.464 e. The Hall–Kier alpha value is -1.43. The average molecular weight is 296 g/mol. The fraction of sp³-hybridized carbons (Fsp3) is 0.417. The fourth-order valence-corrected chi connectivity index (χ4v) is 1.54. The molecule has 1 atom stereocenters. The number of benzene rings is 1. The van der Waals surface area contributed by atoms with Crippen LogP contribution in [0.15, 0.2) is 18.2 Å². The lowest BCUT2D eigenvalue weighted by molar-refractivity contribution is -0.143. The number of hydrogen-bond acceptors (Lipinski definition) is 3. The number of anilines is 1. The number of alkyl halides is 3. The van der Waals surface area contributed by atoms with Gasteiger partial charge in [0, 0.05) is 0 Å². The van der Waals surface area contributed by atoms with Gasteiger partial charge >= 0.3 is 12.1 Å². The van der Waals surface area contributed by atoms with E-state index in [2.05, 4.69) is 5.32 Å². The van der Waals surface area contributed by atoms with Crippen LogP contribution < -0.4 is 5.32 Å². The highest BCUT2D eigenvalue weighted by Gasteiger charge is 2.31. The molecule has 1 unspecified atom stereocenters. The van der Waals surface area contributed by atoms with Gasteiger partial charge in [-0.15, -0.1) is 0 Å². The summed E-state index contributed by atoms with van der Waals surface area (Å²) >= 11 is 5.79. The van der Waals surface area contributed by atoms with Gasteiger partial charge in [0.25, 0.3) is 0 Å². The van der Waals surface area contributed by atoms with Gasteiger partial charge in [-0.05, 0) is 32.0 Å². The Bertz CT molecular complexity index is 463. The molecule has 106 valence electrons. The number of carbonyl (C=O) groups is 1. The summed E-state index contributed by atoms with van der Waals surface area (Å²) in [4.78, 5) is 11.4. The summed E-state index contributed by atoms with van der Waals surface area (Å²) < 4.78 is 42.4. The van der Waals surface area contributed by atoms with Crippen molar-refractivity contribution >= 4 is 23.3 Å². The minimum absolute atomic E-state index is 0.0389. The van der Waals surface area contributed by atoms with Gasteiger partial charge in [-0.2, -0.15) is 13.2 Å². The van der Waals surface area contributed by atoms with Crippen LogP contribution >= 0.6 is 11.6 Å². The zero-order valence-electron chi connectivity index (χ0n) is 10.3. The van der Waals surface area contributed by atoms with Crippen molar-refractivity contribution < 1.29 is 22.7 Å². The second-order valence-electron chi connectivity index (χ2n) is 3.81. The molecule has 19 heavy (non-hydrogen) atoms. The highest BCUT2D eigenvalue weighted by atomic mass is 35.5. The predicted octanol–water partition coefficient (Wildman–Crippen LogP) is 3.72. The van der Waals surface area contributed by atoms with E-state index in [1.807, 2.05) is 0 Å². The number of esters is 1. The van der Waals surface area contributed by atoms with Gasteiger partial charge in [0.2, 0.25) is 0 Å². The molecular weight excluding hydrogens is 283 g/mol. The lowest BCUT2D eigenvalue weighted by atomic mass is 10.2. The first kappa shape index (κ1) is 15.6. The van der Waals surface area contributed by atoms with Crippen LogP contribution in [0.3, 0.4) is 0 Å². The Morgan fingerprint density at radius 3 is 2.63 bits per heavy atom. The highest BCUT2D eigenvalue weighted by Crippen LogP contribution is 2.34. The molecule has 0 saturated heterocycles. The lowest BCUT2D eigenvalue weighted by Gasteiger charge is -2.16. The third kappa shape index (κ3) is 4.31. The van der Waals surface area contributed by atoms with E-state index < -0.39 is 23.8 Å². The molecule has 0 saturated carbocycles. The Kier molecular flexibility index (Phi) is 5.05. The van der Waals surface area contributed by atoms with E-state index in [1.165, 1.54) is 6.92 Å². The van der Waals surface area contributed by atoms with Gasteiger partial charge in [0.15, 0.2) is 0 Å². The van der Waals surface area contributed by atoms with Crippen molar-refractivity contribution in [3.8, 4) is 0 Å². The maximum Gasteiger partial charge on any atom is 0.416 e. The monoisotopic (exact) mass is 295 g/mol. The van der Waals surface area contributed by atoms with Crippen LogP contribution in [0.2, 0.25) is 5.02 Å². The molecular formula is C12H13ClF3NO2. The Morgan fingerprint density at radius 2 is 2.11 bits per heavy atom. The summed E-state index contributed by atoms with van der Waals surface area (Å²) in [6, 6.07) is 2.08. The van der Waals surface area contributed by atoms with Crippen molar-refractivity contribution in [1.29, 1.82) is 0 Å². The van der Waals surface area contributed by atoms with Crippen LogP contribution in [0.4, 0.5) is 18.9 Å². The Balaban J connectivity index is 2.91. The zero-order chi connectivity index (χ0) is 14.6. The summed E-state index contributed by atoms with van der Waals surface area (Å²) in [5.74, 6) is -0.559. The average Bonchev–Trinajstić information content (AvgIpc) is 2.30. The van der Waals surface area contributed by atoms with Crippen molar-refractivity contribution in [1.82, 2.24) is 0 Å². The quantitative estimate of drug-likeness (QED) is 0.860. The molecule has 1 aromatic carbocycles. The van der Waals surface area contributed by atoms with E-state index in [-0.39, 0.29) is 17.3 Å². The van der Waals surface area contributed by atoms with Gasteiger partial charge in [-0.1, -0.05) is 11.6 Å². The normalized spacial score (nSPS) is 12.9. The van der Waals surface area contributed by atoms with Gasteiger partial charge < -0.3 is 10.1 Å². The van der Waals surface area contributed by atoms with Crippen LogP contribution in [0.5, 0.6) is 0 Å². The van der Waals surface area contributed by atoms with Crippen molar-refractivity contribution in [2.75, 3.05) is 11.9 Å². The molecule has 3 nitrogen and oxygen atoms in total. The van der Waals surface area contributed by atoms with Crippen LogP contribution in [-0.4, -0.2) is 18.6 Å². The summed E-state index contributed by atoms with van der Waals surface area (Å²) in [7, 11) is 0. The minimum atomic E-state index is -4.46. The smallest absolute Gasteiger partial charge is 0.416 e. The highest BCUT2D eigenvalue weighted by molar-refractivity contribution is 6.33. The molecule has 0 fully saturated rings. The molecule has 1 rings (SSSR count). The Labute approximate surface area is 113 Å². The van der Waals surface area contributed by atoms with Crippen molar-refractivity contribution in [2.45, 2.75) is 26.1 Å². The topological polar surface area (TPSA) is 38.3 Å². The van der Waals surface area contributed by atoms with E-state index in [0.717, 1.165) is 18.2 Å². The maximum atomic E-state index is 12.6. The zero-order valence-corrected chi connectivity index (χ0v) is 11.1. The second-order valence-corrected chi connectivity index (χ2v) is 4.22.